The highest BCUT2D eigenvalue weighted by molar-refractivity contribution is 9.10. The van der Waals surface area contributed by atoms with Crippen molar-refractivity contribution in [3.8, 4) is 0 Å². The lowest BCUT2D eigenvalue weighted by molar-refractivity contribution is 0.471. The topological polar surface area (TPSA) is 75.2 Å². The van der Waals surface area contributed by atoms with Crippen LogP contribution in [0.3, 0.4) is 0 Å². The molecule has 1 N–H and O–H groups in total. The van der Waals surface area contributed by atoms with E-state index < -0.39 is 10.2 Å². The van der Waals surface area contributed by atoms with Crippen LogP contribution in [0, 0.1) is 0 Å². The highest BCUT2D eigenvalue weighted by Crippen LogP contribution is 2.11. The first-order chi connectivity index (χ1) is 9.47. The summed E-state index contributed by atoms with van der Waals surface area (Å²) in [4.78, 5) is 7.84. The van der Waals surface area contributed by atoms with E-state index in [4.69, 9.17) is 0 Å². The lowest BCUT2D eigenvalue weighted by Crippen LogP contribution is -2.32. The van der Waals surface area contributed by atoms with Gasteiger partial charge in [-0.2, -0.15) is 12.7 Å². The van der Waals surface area contributed by atoms with Gasteiger partial charge in [-0.1, -0.05) is 30.3 Å². The van der Waals surface area contributed by atoms with Gasteiger partial charge in [0.25, 0.3) is 0 Å². The molecule has 0 saturated carbocycles. The number of benzene rings is 1. The Bertz CT molecular complexity index is 662. The minimum absolute atomic E-state index is 0.174. The van der Waals surface area contributed by atoms with Gasteiger partial charge in [0, 0.05) is 13.6 Å². The number of hydrogen-bond acceptors (Lipinski definition) is 4. The molecule has 8 heteroatoms. The number of anilines is 1. The molecule has 106 valence electrons. The third kappa shape index (κ3) is 3.99. The van der Waals surface area contributed by atoms with Crippen LogP contribution in [0.5, 0.6) is 0 Å². The molecule has 1 aromatic heterocycles. The fourth-order valence-corrected chi connectivity index (χ4v) is 2.55. The Balaban J connectivity index is 2.08. The van der Waals surface area contributed by atoms with E-state index in [0.717, 1.165) is 5.56 Å². The average Bonchev–Trinajstić information content (AvgIpc) is 2.42. The van der Waals surface area contributed by atoms with Gasteiger partial charge in [-0.3, -0.25) is 4.72 Å². The molecule has 0 amide bonds. The third-order valence-electron chi connectivity index (χ3n) is 2.51. The van der Waals surface area contributed by atoms with E-state index in [1.54, 1.807) is 0 Å². The summed E-state index contributed by atoms with van der Waals surface area (Å²) < 4.78 is 28.4. The van der Waals surface area contributed by atoms with Crippen LogP contribution in [0.15, 0.2) is 47.3 Å². The Morgan fingerprint density at radius 3 is 2.50 bits per heavy atom. The van der Waals surface area contributed by atoms with Gasteiger partial charge in [-0.15, -0.1) is 0 Å². The molecule has 0 aliphatic rings. The van der Waals surface area contributed by atoms with Gasteiger partial charge in [-0.05, 0) is 21.5 Å². The SMILES string of the molecule is CN(Cc1ccccc1)S(=O)(=O)Nc1cnc(Br)cn1. The molecule has 0 atom stereocenters. The molecule has 0 aliphatic carbocycles. The standard InChI is InChI=1S/C12H13BrN4O2S/c1-17(9-10-5-3-2-4-6-10)20(18,19)16-12-8-14-11(13)7-15-12/h2-8H,9H2,1H3,(H,15,16). The molecule has 0 saturated heterocycles. The van der Waals surface area contributed by atoms with Crippen molar-refractivity contribution in [2.24, 2.45) is 0 Å². The summed E-state index contributed by atoms with van der Waals surface area (Å²) >= 11 is 3.14. The largest absolute Gasteiger partial charge is 0.302 e. The maximum absolute atomic E-state index is 12.1. The van der Waals surface area contributed by atoms with Gasteiger partial charge in [0.15, 0.2) is 5.82 Å². The number of nitrogens with one attached hydrogen (secondary N) is 1. The predicted octanol–water partition coefficient (Wildman–Crippen LogP) is 2.03. The van der Waals surface area contributed by atoms with Crippen molar-refractivity contribution < 1.29 is 8.42 Å². The summed E-state index contributed by atoms with van der Waals surface area (Å²) in [6, 6.07) is 9.34. The Morgan fingerprint density at radius 2 is 1.90 bits per heavy atom. The summed E-state index contributed by atoms with van der Waals surface area (Å²) in [6.45, 7) is 0.278. The van der Waals surface area contributed by atoms with Crippen molar-refractivity contribution in [2.45, 2.75) is 6.54 Å². The van der Waals surface area contributed by atoms with Crippen molar-refractivity contribution in [2.75, 3.05) is 11.8 Å². The molecular weight excluding hydrogens is 344 g/mol. The predicted molar refractivity (Wildman–Crippen MR) is 80.2 cm³/mol. The zero-order valence-electron chi connectivity index (χ0n) is 10.7. The van der Waals surface area contributed by atoms with Crippen LogP contribution < -0.4 is 4.72 Å². The second kappa shape index (κ2) is 6.29. The molecule has 0 fully saturated rings. The van der Waals surface area contributed by atoms with E-state index in [1.807, 2.05) is 30.3 Å². The highest BCUT2D eigenvalue weighted by Gasteiger charge is 2.18. The zero-order valence-corrected chi connectivity index (χ0v) is 13.1. The summed E-state index contributed by atoms with van der Waals surface area (Å²) in [7, 11) is -2.16. The summed E-state index contributed by atoms with van der Waals surface area (Å²) in [5.41, 5.74) is 0.905. The van der Waals surface area contributed by atoms with Crippen LogP contribution in [-0.4, -0.2) is 29.7 Å². The third-order valence-corrected chi connectivity index (χ3v) is 4.34. The first-order valence-corrected chi connectivity index (χ1v) is 7.96. The van der Waals surface area contributed by atoms with Gasteiger partial charge >= 0.3 is 10.2 Å². The molecule has 2 aromatic rings. The van der Waals surface area contributed by atoms with E-state index >= 15 is 0 Å². The number of nitrogens with zero attached hydrogens (tertiary/aromatic N) is 3. The van der Waals surface area contributed by atoms with Gasteiger partial charge in [0.1, 0.15) is 4.60 Å². The maximum atomic E-state index is 12.1. The lowest BCUT2D eigenvalue weighted by Gasteiger charge is -2.17. The summed E-state index contributed by atoms with van der Waals surface area (Å²) in [5, 5.41) is 0. The summed E-state index contributed by atoms with van der Waals surface area (Å²) in [6.07, 6.45) is 2.77. The molecule has 2 rings (SSSR count). The first kappa shape index (κ1) is 14.9. The molecule has 0 radical (unpaired) electrons. The van der Waals surface area contributed by atoms with E-state index in [2.05, 4.69) is 30.6 Å². The van der Waals surface area contributed by atoms with E-state index in [-0.39, 0.29) is 12.4 Å². The van der Waals surface area contributed by atoms with Crippen LogP contribution in [0.2, 0.25) is 0 Å². The van der Waals surface area contributed by atoms with Crippen LogP contribution in [0.25, 0.3) is 0 Å². The fraction of sp³-hybridized carbons (Fsp3) is 0.167. The number of hydrogen-bond donors (Lipinski definition) is 1. The minimum atomic E-state index is -3.66. The zero-order chi connectivity index (χ0) is 14.6. The van der Waals surface area contributed by atoms with Gasteiger partial charge in [0.2, 0.25) is 0 Å². The molecule has 0 bridgehead atoms. The molecule has 0 aliphatic heterocycles. The van der Waals surface area contributed by atoms with Crippen molar-refractivity contribution in [1.29, 1.82) is 0 Å². The van der Waals surface area contributed by atoms with Crippen LogP contribution in [0.4, 0.5) is 5.82 Å². The Labute approximate surface area is 126 Å². The molecule has 20 heavy (non-hydrogen) atoms. The maximum Gasteiger partial charge on any atom is 0.302 e. The molecule has 1 heterocycles. The minimum Gasteiger partial charge on any atom is -0.253 e. The molecule has 0 unspecified atom stereocenters. The van der Waals surface area contributed by atoms with E-state index in [9.17, 15) is 8.42 Å². The lowest BCUT2D eigenvalue weighted by atomic mass is 10.2. The number of rotatable bonds is 5. The van der Waals surface area contributed by atoms with Crippen molar-refractivity contribution in [3.05, 3.63) is 52.9 Å². The quantitative estimate of drug-likeness (QED) is 0.889. The summed E-state index contributed by atoms with van der Waals surface area (Å²) in [5.74, 6) is 0.174. The molecule has 6 nitrogen and oxygen atoms in total. The van der Waals surface area contributed by atoms with Crippen molar-refractivity contribution in [1.82, 2.24) is 14.3 Å². The van der Waals surface area contributed by atoms with Gasteiger partial charge in [0.05, 0.1) is 12.4 Å². The van der Waals surface area contributed by atoms with E-state index in [0.29, 0.717) is 4.60 Å². The highest BCUT2D eigenvalue weighted by atomic mass is 79.9. The Kier molecular flexibility index (Phi) is 4.69. The fourth-order valence-electron chi connectivity index (χ4n) is 1.50. The Morgan fingerprint density at radius 1 is 1.20 bits per heavy atom. The number of aromatic nitrogens is 2. The van der Waals surface area contributed by atoms with Crippen molar-refractivity contribution in [3.63, 3.8) is 0 Å². The first-order valence-electron chi connectivity index (χ1n) is 5.73. The normalized spacial score (nSPS) is 11.6. The van der Waals surface area contributed by atoms with Gasteiger partial charge in [-0.25, -0.2) is 9.97 Å². The second-order valence-electron chi connectivity index (χ2n) is 4.07. The van der Waals surface area contributed by atoms with Crippen molar-refractivity contribution >= 4 is 32.0 Å². The van der Waals surface area contributed by atoms with Crippen LogP contribution in [-0.2, 0) is 16.8 Å². The average molecular weight is 357 g/mol. The van der Waals surface area contributed by atoms with E-state index in [1.165, 1.54) is 23.7 Å². The van der Waals surface area contributed by atoms with Crippen LogP contribution >= 0.6 is 15.9 Å². The molecule has 0 spiro atoms. The smallest absolute Gasteiger partial charge is 0.253 e. The second-order valence-corrected chi connectivity index (χ2v) is 6.66. The molecule has 1 aromatic carbocycles. The number of halogens is 1. The monoisotopic (exact) mass is 356 g/mol. The molecular formula is C12H13BrN4O2S. The van der Waals surface area contributed by atoms with Gasteiger partial charge < -0.3 is 0 Å². The Hall–Kier alpha value is -1.51. The van der Waals surface area contributed by atoms with Crippen LogP contribution in [0.1, 0.15) is 5.56 Å².